The summed E-state index contributed by atoms with van der Waals surface area (Å²) in [7, 11) is 0. The van der Waals surface area contributed by atoms with Crippen molar-refractivity contribution in [3.05, 3.63) is 65.2 Å². The van der Waals surface area contributed by atoms with E-state index < -0.39 is 5.54 Å². The summed E-state index contributed by atoms with van der Waals surface area (Å²) in [6.07, 6.45) is 4.29. The highest BCUT2D eigenvalue weighted by Gasteiger charge is 2.48. The first-order chi connectivity index (χ1) is 15.0. The van der Waals surface area contributed by atoms with E-state index in [-0.39, 0.29) is 17.9 Å². The third-order valence-electron chi connectivity index (χ3n) is 6.43. The van der Waals surface area contributed by atoms with Gasteiger partial charge in [0.2, 0.25) is 5.91 Å². The second kappa shape index (κ2) is 7.96. The molecule has 0 radical (unpaired) electrons. The zero-order chi connectivity index (χ0) is 21.4. The zero-order valence-corrected chi connectivity index (χ0v) is 18.4. The summed E-state index contributed by atoms with van der Waals surface area (Å²) in [5, 5.41) is 9.91. The average Bonchev–Trinajstić information content (AvgIpc) is 3.53. The number of thiophene rings is 1. The molecule has 0 unspecified atom stereocenters. The summed E-state index contributed by atoms with van der Waals surface area (Å²) < 4.78 is 1.72. The van der Waals surface area contributed by atoms with E-state index in [2.05, 4.69) is 5.32 Å². The maximum absolute atomic E-state index is 13.6. The summed E-state index contributed by atoms with van der Waals surface area (Å²) in [5.41, 5.74) is 1.30. The Morgan fingerprint density at radius 1 is 1.19 bits per heavy atom. The van der Waals surface area contributed by atoms with Crippen molar-refractivity contribution in [2.24, 2.45) is 0 Å². The standard InChI is InChI=1S/C24H26N4O2S/c1-24(23(30)25-18-10-5-6-11-18)16-28-20(14-19(26-28)21-12-7-13-31-21)22(29)27(24)15-17-8-3-2-4-9-17/h2-4,7-9,12-14,18H,5-6,10-11,15-16H2,1H3,(H,25,30)/t24-/m0/s1. The number of rotatable bonds is 5. The van der Waals surface area contributed by atoms with Crippen LogP contribution in [0.4, 0.5) is 0 Å². The van der Waals surface area contributed by atoms with Crippen LogP contribution in [0.15, 0.2) is 53.9 Å². The Morgan fingerprint density at radius 2 is 1.97 bits per heavy atom. The first-order valence-corrected chi connectivity index (χ1v) is 11.7. The second-order valence-corrected chi connectivity index (χ2v) is 9.60. The minimum atomic E-state index is -1.01. The molecule has 31 heavy (non-hydrogen) atoms. The van der Waals surface area contributed by atoms with Crippen LogP contribution in [0.25, 0.3) is 10.6 Å². The van der Waals surface area contributed by atoms with Gasteiger partial charge in [-0.05, 0) is 42.8 Å². The van der Waals surface area contributed by atoms with Gasteiger partial charge in [0.05, 0.1) is 11.4 Å². The number of benzene rings is 1. The van der Waals surface area contributed by atoms with Crippen molar-refractivity contribution < 1.29 is 9.59 Å². The molecule has 2 amide bonds. The van der Waals surface area contributed by atoms with Gasteiger partial charge in [-0.2, -0.15) is 5.10 Å². The fourth-order valence-corrected chi connectivity index (χ4v) is 5.29. The van der Waals surface area contributed by atoms with E-state index in [9.17, 15) is 9.59 Å². The predicted molar refractivity (Wildman–Crippen MR) is 121 cm³/mol. The zero-order valence-electron chi connectivity index (χ0n) is 17.6. The van der Waals surface area contributed by atoms with E-state index >= 15 is 0 Å². The van der Waals surface area contributed by atoms with Crippen LogP contribution in [0.2, 0.25) is 0 Å². The highest BCUT2D eigenvalue weighted by Crippen LogP contribution is 2.33. The Labute approximate surface area is 185 Å². The normalized spacial score (nSPS) is 21.3. The Morgan fingerprint density at radius 3 is 2.68 bits per heavy atom. The Bertz CT molecular complexity index is 1090. The van der Waals surface area contributed by atoms with Crippen LogP contribution >= 0.6 is 11.3 Å². The SMILES string of the molecule is C[C@@]1(C(=O)NC2CCCC2)Cn2nc(-c3cccs3)cc2C(=O)N1Cc1ccccc1. The van der Waals surface area contributed by atoms with Crippen LogP contribution in [0.1, 0.15) is 48.7 Å². The molecule has 0 bridgehead atoms. The van der Waals surface area contributed by atoms with Gasteiger partial charge >= 0.3 is 0 Å². The number of hydrogen-bond donors (Lipinski definition) is 1. The Hall–Kier alpha value is -2.93. The summed E-state index contributed by atoms with van der Waals surface area (Å²) in [4.78, 5) is 29.9. The lowest BCUT2D eigenvalue weighted by atomic mass is 9.93. The number of amides is 2. The first kappa shape index (κ1) is 20.0. The van der Waals surface area contributed by atoms with Gasteiger partial charge in [-0.3, -0.25) is 14.3 Å². The van der Waals surface area contributed by atoms with E-state index in [0.29, 0.717) is 18.8 Å². The lowest BCUT2D eigenvalue weighted by Crippen LogP contribution is -2.64. The van der Waals surface area contributed by atoms with Gasteiger partial charge in [0.25, 0.3) is 5.91 Å². The largest absolute Gasteiger partial charge is 0.351 e. The van der Waals surface area contributed by atoms with E-state index in [0.717, 1.165) is 41.8 Å². The third kappa shape index (κ3) is 3.67. The molecular formula is C24H26N4O2S. The molecule has 7 heteroatoms. The number of carbonyl (C=O) groups excluding carboxylic acids is 2. The van der Waals surface area contributed by atoms with E-state index in [1.165, 1.54) is 0 Å². The molecule has 1 aliphatic carbocycles. The van der Waals surface area contributed by atoms with Crippen molar-refractivity contribution >= 4 is 23.2 Å². The first-order valence-electron chi connectivity index (χ1n) is 10.8. The fourth-order valence-electron chi connectivity index (χ4n) is 4.61. The second-order valence-electron chi connectivity index (χ2n) is 8.66. The van der Waals surface area contributed by atoms with Gasteiger partial charge in [-0.25, -0.2) is 0 Å². The predicted octanol–water partition coefficient (Wildman–Crippen LogP) is 4.09. The van der Waals surface area contributed by atoms with Crippen molar-refractivity contribution in [2.75, 3.05) is 0 Å². The highest BCUT2D eigenvalue weighted by molar-refractivity contribution is 7.13. The fraction of sp³-hybridized carbons (Fsp3) is 0.375. The monoisotopic (exact) mass is 434 g/mol. The van der Waals surface area contributed by atoms with Gasteiger partial charge in [0.15, 0.2) is 0 Å². The van der Waals surface area contributed by atoms with Gasteiger partial charge < -0.3 is 10.2 Å². The third-order valence-corrected chi connectivity index (χ3v) is 7.33. The molecule has 5 rings (SSSR count). The molecule has 2 aromatic heterocycles. The molecule has 1 saturated carbocycles. The maximum atomic E-state index is 13.6. The summed E-state index contributed by atoms with van der Waals surface area (Å²) in [6, 6.07) is 15.9. The quantitative estimate of drug-likeness (QED) is 0.658. The number of nitrogens with one attached hydrogen (secondary N) is 1. The molecule has 3 aromatic rings. The van der Waals surface area contributed by atoms with Crippen LogP contribution in [-0.2, 0) is 17.9 Å². The molecule has 1 aromatic carbocycles. The Kier molecular flexibility index (Phi) is 5.14. The van der Waals surface area contributed by atoms with Crippen LogP contribution < -0.4 is 5.32 Å². The molecule has 0 saturated heterocycles. The minimum Gasteiger partial charge on any atom is -0.351 e. The maximum Gasteiger partial charge on any atom is 0.273 e. The average molecular weight is 435 g/mol. The van der Waals surface area contributed by atoms with Crippen LogP contribution in [-0.4, -0.2) is 38.1 Å². The molecule has 6 nitrogen and oxygen atoms in total. The summed E-state index contributed by atoms with van der Waals surface area (Å²) in [5.74, 6) is -0.253. The molecule has 0 spiro atoms. The lowest BCUT2D eigenvalue weighted by molar-refractivity contribution is -0.134. The summed E-state index contributed by atoms with van der Waals surface area (Å²) in [6.45, 7) is 2.59. The summed E-state index contributed by atoms with van der Waals surface area (Å²) >= 11 is 1.59. The molecule has 1 fully saturated rings. The van der Waals surface area contributed by atoms with Gasteiger partial charge in [0, 0.05) is 12.6 Å². The molecule has 2 aliphatic rings. The van der Waals surface area contributed by atoms with Crippen molar-refractivity contribution in [1.82, 2.24) is 20.0 Å². The van der Waals surface area contributed by atoms with Crippen molar-refractivity contribution in [1.29, 1.82) is 0 Å². The van der Waals surface area contributed by atoms with Gasteiger partial charge in [-0.1, -0.05) is 49.2 Å². The van der Waals surface area contributed by atoms with Crippen LogP contribution in [0.5, 0.6) is 0 Å². The molecular weight excluding hydrogens is 408 g/mol. The highest BCUT2D eigenvalue weighted by atomic mass is 32.1. The van der Waals surface area contributed by atoms with Crippen molar-refractivity contribution in [2.45, 2.75) is 57.3 Å². The topological polar surface area (TPSA) is 67.2 Å². The lowest BCUT2D eigenvalue weighted by Gasteiger charge is -2.43. The van der Waals surface area contributed by atoms with E-state index in [1.54, 1.807) is 20.9 Å². The number of carbonyl (C=O) groups is 2. The molecule has 1 atom stereocenters. The molecule has 1 N–H and O–H groups in total. The Balaban J connectivity index is 1.52. The van der Waals surface area contributed by atoms with Crippen LogP contribution in [0, 0.1) is 0 Å². The number of fused-ring (bicyclic) bond motifs is 1. The van der Waals surface area contributed by atoms with Gasteiger partial charge in [-0.15, -0.1) is 11.3 Å². The van der Waals surface area contributed by atoms with E-state index in [1.807, 2.05) is 60.8 Å². The van der Waals surface area contributed by atoms with Gasteiger partial charge in [0.1, 0.15) is 16.9 Å². The minimum absolute atomic E-state index is 0.0949. The van der Waals surface area contributed by atoms with E-state index in [4.69, 9.17) is 5.10 Å². The molecule has 160 valence electrons. The number of nitrogens with zero attached hydrogens (tertiary/aromatic N) is 3. The van der Waals surface area contributed by atoms with Crippen LogP contribution in [0.3, 0.4) is 0 Å². The van der Waals surface area contributed by atoms with Crippen molar-refractivity contribution in [3.8, 4) is 10.6 Å². The smallest absolute Gasteiger partial charge is 0.273 e. The molecule has 1 aliphatic heterocycles. The van der Waals surface area contributed by atoms with Crippen molar-refractivity contribution in [3.63, 3.8) is 0 Å². The molecule has 3 heterocycles. The number of hydrogen-bond acceptors (Lipinski definition) is 4. The number of aromatic nitrogens is 2.